The minimum atomic E-state index is -0.721. The third kappa shape index (κ3) is 7.88. The van der Waals surface area contributed by atoms with Crippen molar-refractivity contribution in [2.75, 3.05) is 26.5 Å². The van der Waals surface area contributed by atoms with Crippen LogP contribution in [0.3, 0.4) is 0 Å². The number of likely N-dealkylation sites (tertiary alicyclic amines) is 1. The van der Waals surface area contributed by atoms with E-state index >= 15 is 0 Å². The highest BCUT2D eigenvalue weighted by Crippen LogP contribution is 2.37. The number of rotatable bonds is 12. The molecule has 0 bridgehead atoms. The zero-order valence-electron chi connectivity index (χ0n) is 27.7. The maximum atomic E-state index is 14.6. The maximum Gasteiger partial charge on any atom is 0.524 e. The van der Waals surface area contributed by atoms with E-state index in [-0.39, 0.29) is 23.3 Å². The third-order valence-corrected chi connectivity index (χ3v) is 9.93. The number of ether oxygens (including phenoxy) is 4. The molecule has 9 heteroatoms. The molecule has 1 heterocycles. The molecular formula is C39H42NO7S+. The van der Waals surface area contributed by atoms with Crippen LogP contribution >= 0.6 is 11.8 Å². The molecule has 1 saturated heterocycles. The van der Waals surface area contributed by atoms with Gasteiger partial charge < -0.3 is 18.9 Å². The van der Waals surface area contributed by atoms with Crippen molar-refractivity contribution in [3.05, 3.63) is 138 Å². The molecule has 0 saturated carbocycles. The number of hydrogen-bond acceptors (Lipinski definition) is 8. The summed E-state index contributed by atoms with van der Waals surface area (Å²) in [4.78, 5) is 42.1. The number of benzene rings is 4. The molecule has 0 aromatic heterocycles. The Labute approximate surface area is 286 Å². The first-order valence-electron chi connectivity index (χ1n) is 16.0. The number of methoxy groups -OCH3 is 2. The zero-order chi connectivity index (χ0) is 34.1. The van der Waals surface area contributed by atoms with Gasteiger partial charge in [-0.2, -0.15) is 9.28 Å². The number of carbonyl (C=O) groups is 3. The molecule has 8 nitrogen and oxygen atoms in total. The fraction of sp³-hybridized carbons (Fsp3) is 0.308. The fourth-order valence-electron chi connectivity index (χ4n) is 6.24. The second-order valence-corrected chi connectivity index (χ2v) is 13.0. The smallest absolute Gasteiger partial charge is 0.484 e. The Bertz CT molecular complexity index is 1610. The Morgan fingerprint density at radius 1 is 0.771 bits per heavy atom. The van der Waals surface area contributed by atoms with E-state index in [2.05, 4.69) is 0 Å². The summed E-state index contributed by atoms with van der Waals surface area (Å²) in [6, 6.07) is 34.9. The SMILES string of the molecule is COC(OC)c1ccc(O[C@H]2CC(C)[N@+](C(=O)OC(c3ccccc3)c3ccccc3)(C(=O)C(C)CSC(=O)c3ccccc3)C2)cc1. The molecule has 1 aliphatic rings. The summed E-state index contributed by atoms with van der Waals surface area (Å²) in [7, 11) is 3.15. The monoisotopic (exact) mass is 668 g/mol. The third-order valence-electron chi connectivity index (χ3n) is 8.77. The van der Waals surface area contributed by atoms with Crippen molar-refractivity contribution in [2.24, 2.45) is 5.92 Å². The lowest BCUT2D eigenvalue weighted by atomic mass is 10.0. The first-order valence-corrected chi connectivity index (χ1v) is 17.0. The van der Waals surface area contributed by atoms with E-state index in [1.54, 1.807) is 33.3 Å². The summed E-state index contributed by atoms with van der Waals surface area (Å²) < 4.78 is 22.9. The van der Waals surface area contributed by atoms with Gasteiger partial charge in [0.15, 0.2) is 18.5 Å². The van der Waals surface area contributed by atoms with E-state index in [1.807, 2.05) is 110 Å². The quantitative estimate of drug-likeness (QED) is 0.111. The standard InChI is InChI=1S/C39H42NO7S/c1-27(26-48-37(42)31-18-12-7-13-19-31)36(41)40(39(43)47-35(29-14-8-5-9-15-29)30-16-10-6-11-17-30)25-34(24-28(40)2)46-33-22-20-32(21-23-33)38(44-3)45-4/h5-23,27-28,34-35,38H,24-26H2,1-4H3/q+1/t27?,28?,34-,40-/m0/s1. The van der Waals surface area contributed by atoms with E-state index in [0.29, 0.717) is 17.7 Å². The number of amides is 2. The summed E-state index contributed by atoms with van der Waals surface area (Å²) in [6.07, 6.45) is -1.86. The molecule has 1 fully saturated rings. The van der Waals surface area contributed by atoms with Gasteiger partial charge in [0.05, 0.1) is 5.92 Å². The van der Waals surface area contributed by atoms with Gasteiger partial charge in [0.2, 0.25) is 5.12 Å². The van der Waals surface area contributed by atoms with Gasteiger partial charge in [0.1, 0.15) is 18.3 Å². The van der Waals surface area contributed by atoms with Crippen LogP contribution in [-0.4, -0.2) is 60.3 Å². The van der Waals surface area contributed by atoms with Gasteiger partial charge in [-0.05, 0) is 37.1 Å². The second-order valence-electron chi connectivity index (χ2n) is 12.0. The van der Waals surface area contributed by atoms with Gasteiger partial charge in [0, 0.05) is 37.5 Å². The number of carbonyl (C=O) groups excluding carboxylic acids is 3. The molecule has 0 N–H and O–H groups in total. The van der Waals surface area contributed by atoms with E-state index in [1.165, 1.54) is 0 Å². The van der Waals surface area contributed by atoms with E-state index in [0.717, 1.165) is 28.5 Å². The first-order chi connectivity index (χ1) is 23.3. The molecule has 4 aromatic rings. The lowest BCUT2D eigenvalue weighted by Crippen LogP contribution is -2.62. The highest BCUT2D eigenvalue weighted by atomic mass is 32.2. The molecule has 4 atom stereocenters. The molecule has 4 aromatic carbocycles. The average Bonchev–Trinajstić information content (AvgIpc) is 3.47. The van der Waals surface area contributed by atoms with Crippen LogP contribution in [0.15, 0.2) is 115 Å². The molecular weight excluding hydrogens is 626 g/mol. The van der Waals surface area contributed by atoms with Crippen LogP contribution in [0.25, 0.3) is 0 Å². The number of quaternary nitrogens is 1. The summed E-state index contributed by atoms with van der Waals surface area (Å²) in [6.45, 7) is 3.76. The van der Waals surface area contributed by atoms with Crippen molar-refractivity contribution in [1.82, 2.24) is 0 Å². The van der Waals surface area contributed by atoms with Gasteiger partial charge in [-0.15, -0.1) is 0 Å². The van der Waals surface area contributed by atoms with Crippen LogP contribution in [0.2, 0.25) is 0 Å². The summed E-state index contributed by atoms with van der Waals surface area (Å²) >= 11 is 1.08. The first kappa shape index (κ1) is 35.0. The van der Waals surface area contributed by atoms with Crippen LogP contribution < -0.4 is 4.74 Å². The number of imide groups is 1. The molecule has 1 aliphatic heterocycles. The Hall–Kier alpha value is -4.28. The van der Waals surface area contributed by atoms with Crippen molar-refractivity contribution in [3.63, 3.8) is 0 Å². The second kappa shape index (κ2) is 16.2. The Balaban J connectivity index is 1.42. The van der Waals surface area contributed by atoms with Gasteiger partial charge in [-0.1, -0.05) is 115 Å². The van der Waals surface area contributed by atoms with Gasteiger partial charge in [-0.25, -0.2) is 4.79 Å². The topological polar surface area (TPSA) is 88.1 Å². The van der Waals surface area contributed by atoms with Crippen molar-refractivity contribution < 1.29 is 37.8 Å². The largest absolute Gasteiger partial charge is 0.524 e. The summed E-state index contributed by atoms with van der Waals surface area (Å²) in [5, 5.41) is -0.124. The highest BCUT2D eigenvalue weighted by molar-refractivity contribution is 8.14. The normalized spacial score (nSPS) is 19.6. The van der Waals surface area contributed by atoms with Crippen LogP contribution in [0, 0.1) is 5.92 Å². The van der Waals surface area contributed by atoms with Crippen LogP contribution in [0.1, 0.15) is 59.7 Å². The zero-order valence-corrected chi connectivity index (χ0v) is 28.5. The summed E-state index contributed by atoms with van der Waals surface area (Å²) in [5.74, 6) is -0.0976. The molecule has 2 unspecified atom stereocenters. The van der Waals surface area contributed by atoms with E-state index in [4.69, 9.17) is 18.9 Å². The Morgan fingerprint density at radius 3 is 1.85 bits per heavy atom. The minimum Gasteiger partial charge on any atom is -0.484 e. The molecule has 0 spiro atoms. The van der Waals surface area contributed by atoms with Crippen molar-refractivity contribution in [1.29, 1.82) is 0 Å². The Kier molecular flexibility index (Phi) is 11.8. The molecule has 2 amide bonds. The van der Waals surface area contributed by atoms with E-state index < -0.39 is 41.0 Å². The number of hydrogen-bond donors (Lipinski definition) is 0. The highest BCUT2D eigenvalue weighted by Gasteiger charge is 2.59. The van der Waals surface area contributed by atoms with Crippen molar-refractivity contribution in [3.8, 4) is 5.75 Å². The molecule has 0 radical (unpaired) electrons. The number of nitrogens with zero attached hydrogens (tertiary/aromatic N) is 1. The maximum absolute atomic E-state index is 14.6. The molecule has 250 valence electrons. The molecule has 48 heavy (non-hydrogen) atoms. The van der Waals surface area contributed by atoms with E-state index in [9.17, 15) is 14.4 Å². The fourth-order valence-corrected chi connectivity index (χ4v) is 7.09. The van der Waals surface area contributed by atoms with Gasteiger partial charge in [-0.3, -0.25) is 4.79 Å². The van der Waals surface area contributed by atoms with Gasteiger partial charge >= 0.3 is 12.0 Å². The minimum absolute atomic E-state index is 0.0945. The van der Waals surface area contributed by atoms with Crippen molar-refractivity contribution >= 4 is 28.9 Å². The molecule has 5 rings (SSSR count). The predicted molar refractivity (Wildman–Crippen MR) is 185 cm³/mol. The summed E-state index contributed by atoms with van der Waals surface area (Å²) in [5.41, 5.74) is 2.99. The molecule has 0 aliphatic carbocycles. The Morgan fingerprint density at radius 2 is 1.31 bits per heavy atom. The van der Waals surface area contributed by atoms with Crippen LogP contribution in [-0.2, 0) is 19.0 Å². The van der Waals surface area contributed by atoms with Crippen LogP contribution in [0.5, 0.6) is 5.75 Å². The van der Waals surface area contributed by atoms with Crippen LogP contribution in [0.4, 0.5) is 4.79 Å². The van der Waals surface area contributed by atoms with Gasteiger partial charge in [0.25, 0.3) is 0 Å². The lowest BCUT2D eigenvalue weighted by molar-refractivity contribution is -0.796. The average molecular weight is 669 g/mol. The number of thioether (sulfide) groups is 1. The lowest BCUT2D eigenvalue weighted by Gasteiger charge is -2.34. The van der Waals surface area contributed by atoms with Crippen molar-refractivity contribution in [2.45, 2.75) is 44.8 Å². The predicted octanol–water partition coefficient (Wildman–Crippen LogP) is 8.00.